The van der Waals surface area contributed by atoms with Gasteiger partial charge in [0.1, 0.15) is 12.1 Å². The molecule has 0 amide bonds. The number of imidazole rings is 1. The highest BCUT2D eigenvalue weighted by Gasteiger charge is 2.23. The molecule has 1 aromatic carbocycles. The molecule has 1 aromatic heterocycles. The molecular weight excluding hydrogens is 212 g/mol. The normalized spacial score (nSPS) is 18.7. The number of aromatic nitrogens is 2. The number of carbonyl (C=O) groups is 1. The lowest BCUT2D eigenvalue weighted by molar-refractivity contribution is -0.109. The average Bonchev–Trinajstić information content (AvgIpc) is 2.83. The molecule has 0 radical (unpaired) electrons. The predicted octanol–water partition coefficient (Wildman–Crippen LogP) is 2.63. The molecule has 1 aliphatic heterocycles. The summed E-state index contributed by atoms with van der Waals surface area (Å²) >= 11 is 0. The van der Waals surface area contributed by atoms with Gasteiger partial charge in [-0.05, 0) is 12.8 Å². The third-order valence-electron chi connectivity index (χ3n) is 3.36. The second-order valence-electron chi connectivity index (χ2n) is 4.41. The molecule has 3 nitrogen and oxygen atoms in total. The van der Waals surface area contributed by atoms with Gasteiger partial charge in [0.2, 0.25) is 0 Å². The Morgan fingerprint density at radius 3 is 2.88 bits per heavy atom. The van der Waals surface area contributed by atoms with Gasteiger partial charge in [0.15, 0.2) is 0 Å². The zero-order valence-corrected chi connectivity index (χ0v) is 9.54. The van der Waals surface area contributed by atoms with Crippen LogP contribution in [0.5, 0.6) is 0 Å². The van der Waals surface area contributed by atoms with Gasteiger partial charge in [-0.15, -0.1) is 0 Å². The molecule has 17 heavy (non-hydrogen) atoms. The van der Waals surface area contributed by atoms with Crippen LogP contribution in [0.2, 0.25) is 0 Å². The fourth-order valence-electron chi connectivity index (χ4n) is 2.49. The van der Waals surface area contributed by atoms with E-state index in [4.69, 9.17) is 0 Å². The van der Waals surface area contributed by atoms with E-state index in [1.165, 1.54) is 0 Å². The summed E-state index contributed by atoms with van der Waals surface area (Å²) in [5.41, 5.74) is 2.18. The van der Waals surface area contributed by atoms with Gasteiger partial charge in [-0.25, -0.2) is 4.98 Å². The van der Waals surface area contributed by atoms with Gasteiger partial charge in [-0.2, -0.15) is 0 Å². The second-order valence-corrected chi connectivity index (χ2v) is 4.41. The van der Waals surface area contributed by atoms with E-state index < -0.39 is 0 Å². The highest BCUT2D eigenvalue weighted by atomic mass is 16.1. The summed E-state index contributed by atoms with van der Waals surface area (Å²) in [5.74, 6) is 1.00. The highest BCUT2D eigenvalue weighted by molar-refractivity contribution is 5.63. The first-order chi connectivity index (χ1) is 8.40. The summed E-state index contributed by atoms with van der Waals surface area (Å²) in [6.07, 6.45) is 4.89. The van der Waals surface area contributed by atoms with E-state index in [1.807, 2.05) is 24.4 Å². The maximum absolute atomic E-state index is 11.0. The number of hydrogen-bond donors (Lipinski definition) is 0. The molecule has 1 unspecified atom stereocenters. The van der Waals surface area contributed by atoms with Crippen LogP contribution in [0.25, 0.3) is 11.4 Å². The Balaban J connectivity index is 2.09. The van der Waals surface area contributed by atoms with Crippen LogP contribution in [0.3, 0.4) is 0 Å². The molecule has 2 heterocycles. The van der Waals surface area contributed by atoms with Crippen molar-refractivity contribution in [3.63, 3.8) is 0 Å². The van der Waals surface area contributed by atoms with Crippen LogP contribution >= 0.6 is 0 Å². The summed E-state index contributed by atoms with van der Waals surface area (Å²) < 4.78 is 2.18. The molecule has 3 heteroatoms. The highest BCUT2D eigenvalue weighted by Crippen LogP contribution is 2.30. The van der Waals surface area contributed by atoms with Gasteiger partial charge >= 0.3 is 0 Å². The number of fused-ring (bicyclic) bond motifs is 1. The number of carbonyl (C=O) groups excluding carboxylic acids is 1. The van der Waals surface area contributed by atoms with Crippen LogP contribution in [0.4, 0.5) is 0 Å². The van der Waals surface area contributed by atoms with E-state index in [0.29, 0.717) is 0 Å². The van der Waals surface area contributed by atoms with Crippen LogP contribution < -0.4 is 0 Å². The Hall–Kier alpha value is -1.90. The van der Waals surface area contributed by atoms with Gasteiger partial charge in [0.25, 0.3) is 0 Å². The fourth-order valence-corrected chi connectivity index (χ4v) is 2.49. The predicted molar refractivity (Wildman–Crippen MR) is 65.7 cm³/mol. The van der Waals surface area contributed by atoms with E-state index in [2.05, 4.69) is 21.7 Å². The van der Waals surface area contributed by atoms with Gasteiger partial charge < -0.3 is 9.36 Å². The molecule has 86 valence electrons. The maximum atomic E-state index is 11.0. The second kappa shape index (κ2) is 4.17. The molecule has 3 rings (SSSR count). The monoisotopic (exact) mass is 226 g/mol. The molecule has 2 aromatic rings. The van der Waals surface area contributed by atoms with Crippen molar-refractivity contribution in [3.8, 4) is 11.4 Å². The Bertz CT molecular complexity index is 530. The van der Waals surface area contributed by atoms with Crippen molar-refractivity contribution >= 4 is 6.29 Å². The average molecular weight is 226 g/mol. The number of hydrogen-bond acceptors (Lipinski definition) is 2. The lowest BCUT2D eigenvalue weighted by Gasteiger charge is -2.21. The summed E-state index contributed by atoms with van der Waals surface area (Å²) in [5, 5.41) is 0. The number of rotatable bonds is 2. The molecule has 1 aliphatic rings. The van der Waals surface area contributed by atoms with Crippen LogP contribution in [0, 0.1) is 0 Å². The Morgan fingerprint density at radius 2 is 2.12 bits per heavy atom. The summed E-state index contributed by atoms with van der Waals surface area (Å²) in [7, 11) is 0. The third-order valence-corrected chi connectivity index (χ3v) is 3.36. The van der Waals surface area contributed by atoms with Crippen molar-refractivity contribution in [3.05, 3.63) is 42.2 Å². The Morgan fingerprint density at radius 1 is 1.29 bits per heavy atom. The summed E-state index contributed by atoms with van der Waals surface area (Å²) in [6.45, 7) is 0.962. The van der Waals surface area contributed by atoms with Crippen molar-refractivity contribution in [1.29, 1.82) is 0 Å². The minimum Gasteiger partial charge on any atom is -0.327 e. The first-order valence-electron chi connectivity index (χ1n) is 5.96. The van der Waals surface area contributed by atoms with Crippen LogP contribution in [0.15, 0.2) is 36.5 Å². The van der Waals surface area contributed by atoms with Crippen LogP contribution in [-0.4, -0.2) is 15.8 Å². The molecule has 0 bridgehead atoms. The lowest BCUT2D eigenvalue weighted by Crippen LogP contribution is -2.16. The van der Waals surface area contributed by atoms with Crippen molar-refractivity contribution in [2.75, 3.05) is 0 Å². The molecule has 1 atom stereocenters. The molecular formula is C14H14N2O. The number of nitrogens with zero attached hydrogens (tertiary/aromatic N) is 2. The number of aldehydes is 1. The molecule has 0 fully saturated rings. The van der Waals surface area contributed by atoms with Crippen molar-refractivity contribution < 1.29 is 4.79 Å². The zero-order chi connectivity index (χ0) is 11.7. The van der Waals surface area contributed by atoms with Crippen molar-refractivity contribution in [2.24, 2.45) is 0 Å². The van der Waals surface area contributed by atoms with Crippen LogP contribution in [0.1, 0.15) is 24.5 Å². The molecule has 0 saturated heterocycles. The van der Waals surface area contributed by atoms with Crippen LogP contribution in [-0.2, 0) is 11.3 Å². The topological polar surface area (TPSA) is 34.9 Å². The largest absolute Gasteiger partial charge is 0.327 e. The van der Waals surface area contributed by atoms with Crippen molar-refractivity contribution in [2.45, 2.75) is 25.3 Å². The SMILES string of the molecule is O=CC1CCCn2c1cnc2-c1ccccc1. The van der Waals surface area contributed by atoms with Crippen molar-refractivity contribution in [1.82, 2.24) is 9.55 Å². The van der Waals surface area contributed by atoms with E-state index in [9.17, 15) is 4.79 Å². The van der Waals surface area contributed by atoms with Gasteiger partial charge in [-0.3, -0.25) is 0 Å². The quantitative estimate of drug-likeness (QED) is 0.738. The molecule has 0 spiro atoms. The standard InChI is InChI=1S/C14H14N2O/c17-10-12-7-4-8-16-13(12)9-15-14(16)11-5-2-1-3-6-11/h1-3,5-6,9-10,12H,4,7-8H2. The molecule has 0 saturated carbocycles. The van der Waals surface area contributed by atoms with Gasteiger partial charge in [-0.1, -0.05) is 30.3 Å². The first-order valence-corrected chi connectivity index (χ1v) is 5.96. The minimum absolute atomic E-state index is 0.0220. The van der Waals surface area contributed by atoms with E-state index in [1.54, 1.807) is 0 Å². The smallest absolute Gasteiger partial charge is 0.140 e. The Kier molecular flexibility index (Phi) is 2.52. The van der Waals surface area contributed by atoms with Gasteiger partial charge in [0, 0.05) is 24.0 Å². The molecule has 0 aliphatic carbocycles. The third kappa shape index (κ3) is 1.68. The fraction of sp³-hybridized carbons (Fsp3) is 0.286. The summed E-state index contributed by atoms with van der Waals surface area (Å²) in [6, 6.07) is 10.1. The number of benzene rings is 1. The van der Waals surface area contributed by atoms with Gasteiger partial charge in [0.05, 0.1) is 5.92 Å². The lowest BCUT2D eigenvalue weighted by atomic mass is 9.98. The summed E-state index contributed by atoms with van der Waals surface area (Å²) in [4.78, 5) is 15.5. The first kappa shape index (κ1) is 10.3. The Labute approximate surface area is 100 Å². The molecule has 0 N–H and O–H groups in total. The van der Waals surface area contributed by atoms with E-state index in [-0.39, 0.29) is 5.92 Å². The van der Waals surface area contributed by atoms with E-state index in [0.717, 1.165) is 42.8 Å². The minimum atomic E-state index is 0.0220. The zero-order valence-electron chi connectivity index (χ0n) is 9.54. The maximum Gasteiger partial charge on any atom is 0.140 e. The van der Waals surface area contributed by atoms with E-state index >= 15 is 0 Å².